The summed E-state index contributed by atoms with van der Waals surface area (Å²) in [6.07, 6.45) is 0. The maximum absolute atomic E-state index is 2.49. The van der Waals surface area contributed by atoms with Crippen molar-refractivity contribution in [1.29, 1.82) is 0 Å². The molecule has 2 nitrogen and oxygen atoms in total. The van der Waals surface area contributed by atoms with Crippen LogP contribution in [0.3, 0.4) is 0 Å². The fourth-order valence-electron chi connectivity index (χ4n) is 8.02. The monoisotopic (exact) mass is 640 g/mol. The first kappa shape index (κ1) is 26.9. The number of benzene rings is 8. The third-order valence-electron chi connectivity index (χ3n) is 10.3. The van der Waals surface area contributed by atoms with Crippen LogP contribution in [-0.4, -0.2) is 9.13 Å². The molecular weight excluding hydrogens is 613 g/mol. The van der Waals surface area contributed by atoms with Gasteiger partial charge in [-0.25, -0.2) is 0 Å². The van der Waals surface area contributed by atoms with E-state index in [4.69, 9.17) is 0 Å². The lowest BCUT2D eigenvalue weighted by molar-refractivity contribution is 1.19. The highest BCUT2D eigenvalue weighted by molar-refractivity contribution is 7.26. The summed E-state index contributed by atoms with van der Waals surface area (Å²) >= 11 is 1.91. The SMILES string of the molecule is c1ccc(-n2c3ccccc3c3c4ccc5c6ccccc6n(-c6ccc7cc(-c8ccc9ccccc9c8)ccc7c6)c5c4sc32)cc1. The molecule has 0 saturated heterocycles. The molecule has 0 fully saturated rings. The van der Waals surface area contributed by atoms with Crippen LogP contribution in [-0.2, 0) is 0 Å². The van der Waals surface area contributed by atoms with Gasteiger partial charge in [-0.3, -0.25) is 0 Å². The number of para-hydroxylation sites is 3. The van der Waals surface area contributed by atoms with Crippen molar-refractivity contribution in [2.45, 2.75) is 0 Å². The van der Waals surface area contributed by atoms with E-state index in [1.807, 2.05) is 11.3 Å². The second-order valence-corrected chi connectivity index (χ2v) is 14.0. The normalized spacial score (nSPS) is 12.1. The molecule has 0 N–H and O–H groups in total. The smallest absolute Gasteiger partial charge is 0.109 e. The Kier molecular flexibility index (Phi) is 5.57. The number of fused-ring (bicyclic) bond motifs is 11. The Labute approximate surface area is 286 Å². The van der Waals surface area contributed by atoms with Crippen molar-refractivity contribution in [3.8, 4) is 22.5 Å². The Morgan fingerprint density at radius 3 is 1.78 bits per heavy atom. The molecule has 49 heavy (non-hydrogen) atoms. The van der Waals surface area contributed by atoms with Gasteiger partial charge in [-0.2, -0.15) is 0 Å². The van der Waals surface area contributed by atoms with Gasteiger partial charge < -0.3 is 9.13 Å². The third kappa shape index (κ3) is 3.88. The second kappa shape index (κ2) is 10.2. The fourth-order valence-corrected chi connectivity index (χ4v) is 9.41. The molecule has 0 amide bonds. The van der Waals surface area contributed by atoms with E-state index in [9.17, 15) is 0 Å². The summed E-state index contributed by atoms with van der Waals surface area (Å²) in [4.78, 5) is 1.28. The Balaban J connectivity index is 1.16. The highest BCUT2D eigenvalue weighted by Crippen LogP contribution is 2.47. The maximum Gasteiger partial charge on any atom is 0.109 e. The fraction of sp³-hybridized carbons (Fsp3) is 0. The summed E-state index contributed by atoms with van der Waals surface area (Å²) in [6.45, 7) is 0. The van der Waals surface area contributed by atoms with Gasteiger partial charge in [0.1, 0.15) is 4.83 Å². The zero-order valence-corrected chi connectivity index (χ0v) is 27.3. The molecule has 11 rings (SSSR count). The molecule has 0 saturated carbocycles. The number of rotatable bonds is 3. The Morgan fingerprint density at radius 1 is 0.367 bits per heavy atom. The van der Waals surface area contributed by atoms with Gasteiger partial charge in [0.15, 0.2) is 0 Å². The summed E-state index contributed by atoms with van der Waals surface area (Å²) in [5.74, 6) is 0. The van der Waals surface area contributed by atoms with Gasteiger partial charge >= 0.3 is 0 Å². The standard InChI is InChI=1S/C46H28N2S/c1-2-12-35(13-3-1)48-42-17-9-7-15-39(42)43-40-25-24-38-37-14-6-8-16-41(37)47(44(38)45(40)49-46(43)48)36-23-22-33-27-32(20-21-34(33)28-36)31-19-18-29-10-4-5-11-30(29)26-31/h1-28H. The third-order valence-corrected chi connectivity index (χ3v) is 11.5. The Bertz CT molecular complexity index is 3100. The summed E-state index contributed by atoms with van der Waals surface area (Å²) < 4.78 is 6.26. The van der Waals surface area contributed by atoms with Crippen LogP contribution in [0, 0.1) is 0 Å². The topological polar surface area (TPSA) is 9.86 Å². The Morgan fingerprint density at radius 2 is 0.959 bits per heavy atom. The predicted molar refractivity (Wildman–Crippen MR) is 211 cm³/mol. The molecule has 0 bridgehead atoms. The zero-order chi connectivity index (χ0) is 32.1. The molecule has 3 aromatic heterocycles. The minimum atomic E-state index is 1.18. The number of thiophene rings is 1. The minimum absolute atomic E-state index is 1.18. The molecule has 0 radical (unpaired) electrons. The van der Waals surface area contributed by atoms with Gasteiger partial charge in [0.05, 0.1) is 21.3 Å². The molecular formula is C46H28N2S. The molecule has 3 heterocycles. The maximum atomic E-state index is 2.49. The van der Waals surface area contributed by atoms with E-state index in [1.165, 1.54) is 97.1 Å². The van der Waals surface area contributed by atoms with Crippen molar-refractivity contribution < 1.29 is 0 Å². The van der Waals surface area contributed by atoms with Gasteiger partial charge in [0.2, 0.25) is 0 Å². The summed E-state index contributed by atoms with van der Waals surface area (Å²) in [5, 5.41) is 11.5. The molecule has 11 aromatic rings. The van der Waals surface area contributed by atoms with Crippen molar-refractivity contribution in [3.05, 3.63) is 170 Å². The van der Waals surface area contributed by atoms with Crippen LogP contribution in [0.5, 0.6) is 0 Å². The quantitative estimate of drug-likeness (QED) is 0.182. The van der Waals surface area contributed by atoms with E-state index >= 15 is 0 Å². The van der Waals surface area contributed by atoms with Crippen LogP contribution in [0.4, 0.5) is 0 Å². The highest BCUT2D eigenvalue weighted by Gasteiger charge is 2.22. The number of hydrogen-bond acceptors (Lipinski definition) is 1. The van der Waals surface area contributed by atoms with Crippen molar-refractivity contribution in [1.82, 2.24) is 9.13 Å². The highest BCUT2D eigenvalue weighted by atomic mass is 32.1. The zero-order valence-electron chi connectivity index (χ0n) is 26.5. The van der Waals surface area contributed by atoms with E-state index in [0.717, 1.165) is 0 Å². The van der Waals surface area contributed by atoms with Crippen LogP contribution in [0.1, 0.15) is 0 Å². The lowest BCUT2D eigenvalue weighted by Crippen LogP contribution is -1.94. The largest absolute Gasteiger partial charge is 0.308 e. The molecule has 3 heteroatoms. The van der Waals surface area contributed by atoms with Gasteiger partial charge in [-0.1, -0.05) is 121 Å². The summed E-state index contributed by atoms with van der Waals surface area (Å²) in [7, 11) is 0. The second-order valence-electron chi connectivity index (χ2n) is 13.0. The first-order chi connectivity index (χ1) is 24.3. The lowest BCUT2D eigenvalue weighted by Gasteiger charge is -2.11. The number of nitrogens with zero attached hydrogens (tertiary/aromatic N) is 2. The first-order valence-corrected chi connectivity index (χ1v) is 17.6. The van der Waals surface area contributed by atoms with Crippen LogP contribution >= 0.6 is 11.3 Å². The van der Waals surface area contributed by atoms with E-state index in [0.29, 0.717) is 0 Å². The predicted octanol–water partition coefficient (Wildman–Crippen LogP) is 13.1. The van der Waals surface area contributed by atoms with Crippen molar-refractivity contribution in [2.24, 2.45) is 0 Å². The van der Waals surface area contributed by atoms with E-state index in [2.05, 4.69) is 179 Å². The average Bonchev–Trinajstić information content (AvgIpc) is 3.81. The van der Waals surface area contributed by atoms with Gasteiger partial charge in [-0.15, -0.1) is 11.3 Å². The summed E-state index contributed by atoms with van der Waals surface area (Å²) in [5.41, 5.74) is 8.59. The first-order valence-electron chi connectivity index (χ1n) is 16.8. The van der Waals surface area contributed by atoms with Crippen LogP contribution in [0.15, 0.2) is 170 Å². The van der Waals surface area contributed by atoms with Crippen molar-refractivity contribution in [2.75, 3.05) is 0 Å². The van der Waals surface area contributed by atoms with Gasteiger partial charge in [-0.05, 0) is 81.2 Å². The molecule has 8 aromatic carbocycles. The van der Waals surface area contributed by atoms with Crippen LogP contribution < -0.4 is 0 Å². The molecule has 0 atom stereocenters. The van der Waals surface area contributed by atoms with E-state index in [1.54, 1.807) is 0 Å². The summed E-state index contributed by atoms with van der Waals surface area (Å²) in [6, 6.07) is 62.3. The minimum Gasteiger partial charge on any atom is -0.308 e. The molecule has 0 aliphatic heterocycles. The van der Waals surface area contributed by atoms with Gasteiger partial charge in [0, 0.05) is 38.3 Å². The molecule has 0 unspecified atom stereocenters. The number of hydrogen-bond donors (Lipinski definition) is 0. The Hall–Kier alpha value is -6.16. The average molecular weight is 641 g/mol. The molecule has 0 spiro atoms. The van der Waals surface area contributed by atoms with Gasteiger partial charge in [0.25, 0.3) is 0 Å². The van der Waals surface area contributed by atoms with Crippen LogP contribution in [0.2, 0.25) is 0 Å². The molecule has 0 aliphatic rings. The van der Waals surface area contributed by atoms with E-state index < -0.39 is 0 Å². The lowest BCUT2D eigenvalue weighted by atomic mass is 9.98. The molecule has 228 valence electrons. The number of aromatic nitrogens is 2. The van der Waals surface area contributed by atoms with Crippen LogP contribution in [0.25, 0.3) is 97.1 Å². The van der Waals surface area contributed by atoms with E-state index in [-0.39, 0.29) is 0 Å². The molecule has 0 aliphatic carbocycles. The van der Waals surface area contributed by atoms with Crippen molar-refractivity contribution >= 4 is 85.9 Å². The van der Waals surface area contributed by atoms with Crippen molar-refractivity contribution in [3.63, 3.8) is 0 Å².